The molecule has 0 aromatic carbocycles. The quantitative estimate of drug-likeness (QED) is 0.768. The number of nitrogens with zero attached hydrogens (tertiary/aromatic N) is 1. The highest BCUT2D eigenvalue weighted by molar-refractivity contribution is 9.11. The summed E-state index contributed by atoms with van der Waals surface area (Å²) in [7, 11) is 0. The lowest BCUT2D eigenvalue weighted by molar-refractivity contribution is 0.677. The Bertz CT molecular complexity index is 505. The summed E-state index contributed by atoms with van der Waals surface area (Å²) >= 11 is 7.07. The van der Waals surface area contributed by atoms with Gasteiger partial charge in [0.1, 0.15) is 5.01 Å². The van der Waals surface area contributed by atoms with E-state index in [1.807, 2.05) is 11.3 Å². The first-order valence-corrected chi connectivity index (χ1v) is 8.62. The number of thiophene rings is 1. The topological polar surface area (TPSA) is 24.9 Å². The molecule has 2 heterocycles. The summed E-state index contributed by atoms with van der Waals surface area (Å²) in [6.45, 7) is 6.38. The molecule has 0 saturated carbocycles. The summed E-state index contributed by atoms with van der Waals surface area (Å²) in [5, 5.41) is 4.61. The highest BCUT2D eigenvalue weighted by Crippen LogP contribution is 2.35. The maximum absolute atomic E-state index is 4.76. The molecule has 0 radical (unpaired) electrons. The van der Waals surface area contributed by atoms with Crippen molar-refractivity contribution in [1.29, 1.82) is 0 Å². The Labute approximate surface area is 125 Å². The smallest absolute Gasteiger partial charge is 0.133 e. The Morgan fingerprint density at radius 2 is 2.11 bits per heavy atom. The van der Waals surface area contributed by atoms with E-state index in [0.717, 1.165) is 28.3 Å². The highest BCUT2D eigenvalue weighted by Gasteiger charge is 2.12. The van der Waals surface area contributed by atoms with Crippen LogP contribution in [-0.2, 0) is 13.0 Å². The van der Waals surface area contributed by atoms with Crippen molar-refractivity contribution < 1.29 is 0 Å². The fourth-order valence-corrected chi connectivity index (χ4v) is 4.27. The average molecular weight is 345 g/mol. The maximum atomic E-state index is 4.76. The van der Waals surface area contributed by atoms with Crippen molar-refractivity contribution in [1.82, 2.24) is 10.3 Å². The molecule has 0 unspecified atom stereocenters. The second kappa shape index (κ2) is 6.80. The van der Waals surface area contributed by atoms with Crippen molar-refractivity contribution in [2.24, 2.45) is 0 Å². The summed E-state index contributed by atoms with van der Waals surface area (Å²) < 4.78 is 1.16. The van der Waals surface area contributed by atoms with Gasteiger partial charge in [-0.3, -0.25) is 0 Å². The van der Waals surface area contributed by atoms with Crippen LogP contribution in [0.3, 0.4) is 0 Å². The van der Waals surface area contributed by atoms with Crippen LogP contribution >= 0.6 is 38.6 Å². The average Bonchev–Trinajstić information content (AvgIpc) is 2.95. The molecule has 2 aromatic rings. The molecular weight excluding hydrogens is 328 g/mol. The third-order valence-corrected chi connectivity index (χ3v) is 5.50. The van der Waals surface area contributed by atoms with E-state index < -0.39 is 0 Å². The zero-order valence-electron chi connectivity index (χ0n) is 10.6. The normalized spacial score (nSPS) is 11.1. The number of hydrogen-bond donors (Lipinski definition) is 1. The molecule has 0 spiro atoms. The van der Waals surface area contributed by atoms with Gasteiger partial charge in [0.2, 0.25) is 0 Å². The van der Waals surface area contributed by atoms with Crippen molar-refractivity contribution in [3.05, 3.63) is 26.5 Å². The van der Waals surface area contributed by atoms with Crippen LogP contribution in [0.25, 0.3) is 9.88 Å². The molecule has 0 amide bonds. The molecule has 0 bridgehead atoms. The van der Waals surface area contributed by atoms with Crippen LogP contribution < -0.4 is 5.32 Å². The summed E-state index contributed by atoms with van der Waals surface area (Å²) in [5.41, 5.74) is 1.24. The van der Waals surface area contributed by atoms with Crippen LogP contribution in [0.5, 0.6) is 0 Å². The molecule has 0 aliphatic heterocycles. The second-order valence-corrected chi connectivity index (χ2v) is 7.57. The minimum atomic E-state index is 0.946. The molecule has 2 rings (SSSR count). The van der Waals surface area contributed by atoms with Gasteiger partial charge in [0.15, 0.2) is 0 Å². The van der Waals surface area contributed by atoms with Crippen LogP contribution in [0.15, 0.2) is 15.9 Å². The monoisotopic (exact) mass is 344 g/mol. The Balaban J connectivity index is 2.18. The number of halogens is 1. The molecule has 5 heteroatoms. The second-order valence-electron chi connectivity index (χ2n) is 4.02. The molecule has 0 aliphatic carbocycles. The SMILES string of the molecule is CCCNCc1sc(-c2ccc(Br)s2)nc1CC. The van der Waals surface area contributed by atoms with Gasteiger partial charge < -0.3 is 5.32 Å². The first-order valence-electron chi connectivity index (χ1n) is 6.19. The Morgan fingerprint density at radius 3 is 2.72 bits per heavy atom. The van der Waals surface area contributed by atoms with Gasteiger partial charge in [0, 0.05) is 11.4 Å². The van der Waals surface area contributed by atoms with Crippen LogP contribution in [-0.4, -0.2) is 11.5 Å². The summed E-state index contributed by atoms with van der Waals surface area (Å²) in [6.07, 6.45) is 2.18. The zero-order valence-corrected chi connectivity index (χ0v) is 13.8. The first-order chi connectivity index (χ1) is 8.74. The van der Waals surface area contributed by atoms with Crippen molar-refractivity contribution in [3.8, 4) is 9.88 Å². The van der Waals surface area contributed by atoms with E-state index in [1.54, 1.807) is 11.3 Å². The zero-order chi connectivity index (χ0) is 13.0. The van der Waals surface area contributed by atoms with Crippen LogP contribution in [0.2, 0.25) is 0 Å². The Hall–Kier alpha value is -0.230. The van der Waals surface area contributed by atoms with Gasteiger partial charge in [-0.15, -0.1) is 22.7 Å². The standard InChI is InChI=1S/C13H17BrN2S2/c1-3-7-15-8-11-9(4-2)16-13(18-11)10-5-6-12(14)17-10/h5-6,15H,3-4,7-8H2,1-2H3. The lowest BCUT2D eigenvalue weighted by Gasteiger charge is -2.01. The van der Waals surface area contributed by atoms with Crippen molar-refractivity contribution in [3.63, 3.8) is 0 Å². The van der Waals surface area contributed by atoms with Crippen LogP contribution in [0.1, 0.15) is 30.8 Å². The summed E-state index contributed by atoms with van der Waals surface area (Å²) in [5.74, 6) is 0. The lowest BCUT2D eigenvalue weighted by atomic mass is 10.3. The van der Waals surface area contributed by atoms with Crippen LogP contribution in [0.4, 0.5) is 0 Å². The molecule has 2 nitrogen and oxygen atoms in total. The summed E-state index contributed by atoms with van der Waals surface area (Å²) in [6, 6.07) is 4.22. The molecule has 0 atom stereocenters. The lowest BCUT2D eigenvalue weighted by Crippen LogP contribution is -2.13. The van der Waals surface area contributed by atoms with Crippen LogP contribution in [0, 0.1) is 0 Å². The van der Waals surface area contributed by atoms with Gasteiger partial charge in [-0.05, 0) is 47.4 Å². The molecule has 0 aliphatic rings. The van der Waals surface area contributed by atoms with E-state index in [4.69, 9.17) is 4.98 Å². The summed E-state index contributed by atoms with van der Waals surface area (Å²) in [4.78, 5) is 7.39. The van der Waals surface area contributed by atoms with Gasteiger partial charge in [-0.25, -0.2) is 4.98 Å². The number of hydrogen-bond acceptors (Lipinski definition) is 4. The third-order valence-electron chi connectivity index (χ3n) is 2.61. The van der Waals surface area contributed by atoms with Gasteiger partial charge in [-0.1, -0.05) is 13.8 Å². The number of nitrogens with one attached hydrogen (secondary N) is 1. The van der Waals surface area contributed by atoms with E-state index in [1.165, 1.54) is 21.9 Å². The van der Waals surface area contributed by atoms with Crippen molar-refractivity contribution in [2.75, 3.05) is 6.54 Å². The molecule has 0 fully saturated rings. The van der Waals surface area contributed by atoms with E-state index in [0.29, 0.717) is 0 Å². The molecular formula is C13H17BrN2S2. The Kier molecular flexibility index (Phi) is 5.36. The molecule has 1 N–H and O–H groups in total. The molecule has 18 heavy (non-hydrogen) atoms. The molecule has 0 saturated heterocycles. The fraction of sp³-hybridized carbons (Fsp3) is 0.462. The van der Waals surface area contributed by atoms with Gasteiger partial charge in [-0.2, -0.15) is 0 Å². The van der Waals surface area contributed by atoms with E-state index in [2.05, 4.69) is 47.2 Å². The first kappa shape index (κ1) is 14.2. The molecule has 98 valence electrons. The van der Waals surface area contributed by atoms with Gasteiger partial charge in [0.25, 0.3) is 0 Å². The minimum Gasteiger partial charge on any atom is -0.312 e. The fourth-order valence-electron chi connectivity index (χ4n) is 1.71. The minimum absolute atomic E-state index is 0.946. The third kappa shape index (κ3) is 3.41. The predicted molar refractivity (Wildman–Crippen MR) is 84.5 cm³/mol. The molecule has 2 aromatic heterocycles. The number of rotatable bonds is 6. The van der Waals surface area contributed by atoms with Gasteiger partial charge >= 0.3 is 0 Å². The predicted octanol–water partition coefficient (Wildman–Crippen LogP) is 4.70. The maximum Gasteiger partial charge on any atom is 0.133 e. The Morgan fingerprint density at radius 1 is 1.28 bits per heavy atom. The van der Waals surface area contributed by atoms with Gasteiger partial charge in [0.05, 0.1) is 14.4 Å². The van der Waals surface area contributed by atoms with E-state index in [9.17, 15) is 0 Å². The largest absolute Gasteiger partial charge is 0.312 e. The highest BCUT2D eigenvalue weighted by atomic mass is 79.9. The number of aromatic nitrogens is 1. The van der Waals surface area contributed by atoms with Crippen molar-refractivity contribution in [2.45, 2.75) is 33.2 Å². The number of aryl methyl sites for hydroxylation is 1. The van der Waals surface area contributed by atoms with E-state index in [-0.39, 0.29) is 0 Å². The van der Waals surface area contributed by atoms with E-state index >= 15 is 0 Å². The van der Waals surface area contributed by atoms with Crippen molar-refractivity contribution >= 4 is 38.6 Å². The number of thiazole rings is 1.